The molecule has 0 aromatic carbocycles. The zero-order valence-corrected chi connectivity index (χ0v) is 18.2. The van der Waals surface area contributed by atoms with Gasteiger partial charge in [-0.1, -0.05) is 46.5 Å². The summed E-state index contributed by atoms with van der Waals surface area (Å²) in [6.45, 7) is 6.31. The van der Waals surface area contributed by atoms with E-state index in [1.807, 2.05) is 6.07 Å². The van der Waals surface area contributed by atoms with Crippen LogP contribution in [0.2, 0.25) is 0 Å². The molecule has 0 saturated carbocycles. The molecule has 0 aliphatic carbocycles. The SMILES string of the molecule is CC(C)CCCC(C)CCCc1ccc[n+](CC(P(=O)(O)O)P(=O)(O)O)c1. The van der Waals surface area contributed by atoms with E-state index in [0.717, 1.165) is 30.7 Å². The van der Waals surface area contributed by atoms with E-state index in [9.17, 15) is 28.7 Å². The van der Waals surface area contributed by atoms with Crippen molar-refractivity contribution < 1.29 is 33.3 Å². The summed E-state index contributed by atoms with van der Waals surface area (Å²) in [5, 5.41) is -2.02. The number of hydrogen-bond acceptors (Lipinski definition) is 2. The van der Waals surface area contributed by atoms with Gasteiger partial charge in [-0.05, 0) is 30.7 Å². The van der Waals surface area contributed by atoms with E-state index in [-0.39, 0.29) is 0 Å². The van der Waals surface area contributed by atoms with Gasteiger partial charge in [-0.3, -0.25) is 9.13 Å². The van der Waals surface area contributed by atoms with Crippen molar-refractivity contribution in [2.75, 3.05) is 0 Å². The summed E-state index contributed by atoms with van der Waals surface area (Å²) in [4.78, 5) is 37.0. The fourth-order valence-electron chi connectivity index (χ4n) is 3.11. The Balaban J connectivity index is 2.59. The molecule has 4 N–H and O–H groups in total. The molecule has 156 valence electrons. The topological polar surface area (TPSA) is 119 Å². The Morgan fingerprint density at radius 3 is 2.11 bits per heavy atom. The quantitative estimate of drug-likeness (QED) is 0.303. The third-order valence-electron chi connectivity index (χ3n) is 4.71. The molecule has 1 heterocycles. The van der Waals surface area contributed by atoms with Crippen LogP contribution in [0.3, 0.4) is 0 Å². The average Bonchev–Trinajstić information content (AvgIpc) is 2.50. The second-order valence-corrected chi connectivity index (χ2v) is 11.9. The van der Waals surface area contributed by atoms with Crippen molar-refractivity contribution >= 4 is 15.2 Å². The molecule has 0 spiro atoms. The summed E-state index contributed by atoms with van der Waals surface area (Å²) in [6.07, 6.45) is 9.94. The first-order valence-corrected chi connectivity index (χ1v) is 12.8. The fraction of sp³-hybridized carbons (Fsp3) is 0.722. The highest BCUT2D eigenvalue weighted by Crippen LogP contribution is 2.59. The van der Waals surface area contributed by atoms with Gasteiger partial charge in [0.2, 0.25) is 5.40 Å². The lowest BCUT2D eigenvalue weighted by molar-refractivity contribution is -0.695. The fourth-order valence-corrected chi connectivity index (χ4v) is 5.48. The summed E-state index contributed by atoms with van der Waals surface area (Å²) < 4.78 is 24.3. The molecular weight excluding hydrogens is 388 g/mol. The van der Waals surface area contributed by atoms with E-state index in [4.69, 9.17) is 0 Å². The Kier molecular flexibility index (Phi) is 9.84. The number of pyridine rings is 1. The van der Waals surface area contributed by atoms with Crippen molar-refractivity contribution in [1.29, 1.82) is 0 Å². The van der Waals surface area contributed by atoms with Gasteiger partial charge in [-0.2, -0.15) is 0 Å². The van der Waals surface area contributed by atoms with Crippen molar-refractivity contribution in [2.45, 2.75) is 71.2 Å². The molecule has 1 aromatic rings. The Morgan fingerprint density at radius 2 is 1.56 bits per heavy atom. The van der Waals surface area contributed by atoms with Gasteiger partial charge >= 0.3 is 15.2 Å². The van der Waals surface area contributed by atoms with Crippen LogP contribution < -0.4 is 4.57 Å². The van der Waals surface area contributed by atoms with Gasteiger partial charge in [0.1, 0.15) is 0 Å². The smallest absolute Gasteiger partial charge is 0.324 e. The highest BCUT2D eigenvalue weighted by molar-refractivity contribution is 7.70. The minimum atomic E-state index is -4.91. The van der Waals surface area contributed by atoms with Gasteiger partial charge in [0.25, 0.3) is 0 Å². The third kappa shape index (κ3) is 9.98. The molecule has 1 rings (SSSR count). The first kappa shape index (κ1) is 24.5. The highest BCUT2D eigenvalue weighted by Gasteiger charge is 2.46. The molecule has 0 aliphatic heterocycles. The minimum absolute atomic E-state index is 0.423. The van der Waals surface area contributed by atoms with Gasteiger partial charge in [0.15, 0.2) is 18.9 Å². The van der Waals surface area contributed by atoms with E-state index >= 15 is 0 Å². The van der Waals surface area contributed by atoms with Crippen molar-refractivity contribution in [1.82, 2.24) is 0 Å². The van der Waals surface area contributed by atoms with Crippen molar-refractivity contribution in [3.05, 3.63) is 30.1 Å². The van der Waals surface area contributed by atoms with Crippen molar-refractivity contribution in [3.63, 3.8) is 0 Å². The molecule has 0 aliphatic rings. The predicted molar refractivity (Wildman–Crippen MR) is 105 cm³/mol. The number of hydrogen-bond donors (Lipinski definition) is 4. The van der Waals surface area contributed by atoms with E-state index in [0.29, 0.717) is 5.92 Å². The first-order valence-electron chi connectivity index (χ1n) is 9.48. The van der Waals surface area contributed by atoms with Crippen LogP contribution in [0.15, 0.2) is 24.5 Å². The standard InChI is InChI=1S/C18H33NO6P2/c1-15(2)7-4-8-16(3)9-5-10-17-11-6-12-19(13-17)14-18(26(20,21)22)27(23,24)25/h6,11-13,15-16,18H,4-5,7-10,14H2,1-3H3,(H3-,20,21,22,23,24,25)/p+1. The Bertz CT molecular complexity index is 648. The van der Waals surface area contributed by atoms with Crippen LogP contribution in [0.25, 0.3) is 0 Å². The van der Waals surface area contributed by atoms with Gasteiger partial charge in [-0.25, -0.2) is 4.57 Å². The van der Waals surface area contributed by atoms with Crippen molar-refractivity contribution in [3.8, 4) is 0 Å². The monoisotopic (exact) mass is 422 g/mol. The van der Waals surface area contributed by atoms with E-state index in [2.05, 4.69) is 20.8 Å². The lowest BCUT2D eigenvalue weighted by Gasteiger charge is -2.16. The van der Waals surface area contributed by atoms with E-state index in [1.54, 1.807) is 18.5 Å². The minimum Gasteiger partial charge on any atom is -0.324 e. The van der Waals surface area contributed by atoms with Gasteiger partial charge < -0.3 is 19.6 Å². The second kappa shape index (κ2) is 10.8. The van der Waals surface area contributed by atoms with Crippen LogP contribution in [-0.2, 0) is 22.1 Å². The van der Waals surface area contributed by atoms with E-state index in [1.165, 1.54) is 23.8 Å². The normalized spacial score (nSPS) is 14.1. The number of aryl methyl sites for hydroxylation is 1. The molecule has 0 bridgehead atoms. The van der Waals surface area contributed by atoms with Crippen LogP contribution >= 0.6 is 15.2 Å². The summed E-state index contributed by atoms with van der Waals surface area (Å²) in [7, 11) is -9.83. The highest BCUT2D eigenvalue weighted by atomic mass is 31.2. The molecule has 0 radical (unpaired) electrons. The predicted octanol–water partition coefficient (Wildman–Crippen LogP) is 3.44. The van der Waals surface area contributed by atoms with Crippen LogP contribution in [0, 0.1) is 11.8 Å². The molecule has 0 saturated heterocycles. The van der Waals surface area contributed by atoms with Crippen LogP contribution in [0.5, 0.6) is 0 Å². The third-order valence-corrected chi connectivity index (χ3v) is 8.40. The van der Waals surface area contributed by atoms with Crippen LogP contribution in [0.4, 0.5) is 0 Å². The summed E-state index contributed by atoms with van der Waals surface area (Å²) in [6, 6.07) is 3.65. The lowest BCUT2D eigenvalue weighted by Crippen LogP contribution is -2.39. The van der Waals surface area contributed by atoms with Crippen LogP contribution in [0.1, 0.15) is 58.4 Å². The van der Waals surface area contributed by atoms with Gasteiger partial charge in [0, 0.05) is 11.6 Å². The van der Waals surface area contributed by atoms with E-state index < -0.39 is 27.1 Å². The van der Waals surface area contributed by atoms with Gasteiger partial charge in [-0.15, -0.1) is 0 Å². The second-order valence-electron chi connectivity index (χ2n) is 7.89. The average molecular weight is 422 g/mol. The zero-order valence-electron chi connectivity index (χ0n) is 16.4. The molecule has 1 aromatic heterocycles. The molecule has 1 unspecified atom stereocenters. The molecule has 0 amide bonds. The maximum Gasteiger partial charge on any atom is 0.347 e. The number of aromatic nitrogens is 1. The summed E-state index contributed by atoms with van der Waals surface area (Å²) in [5.74, 6) is 1.40. The largest absolute Gasteiger partial charge is 0.347 e. The maximum atomic E-state index is 11.4. The Morgan fingerprint density at radius 1 is 0.963 bits per heavy atom. The number of rotatable bonds is 12. The first-order chi connectivity index (χ1) is 12.4. The van der Waals surface area contributed by atoms with Crippen molar-refractivity contribution in [2.24, 2.45) is 11.8 Å². The molecule has 0 fully saturated rings. The summed E-state index contributed by atoms with van der Waals surface area (Å²) >= 11 is 0. The van der Waals surface area contributed by atoms with Crippen LogP contribution in [-0.4, -0.2) is 25.0 Å². The lowest BCUT2D eigenvalue weighted by atomic mass is 9.95. The zero-order chi connectivity index (χ0) is 20.7. The Labute approximate surface area is 162 Å². The van der Waals surface area contributed by atoms with Gasteiger partial charge in [0.05, 0.1) is 0 Å². The molecule has 1 atom stereocenters. The molecular formula is C18H34NO6P2+. The molecule has 7 nitrogen and oxygen atoms in total. The maximum absolute atomic E-state index is 11.4. The summed E-state index contributed by atoms with van der Waals surface area (Å²) in [5.41, 5.74) is 0.988. The molecule has 9 heteroatoms. The molecule has 27 heavy (non-hydrogen) atoms. The number of nitrogens with zero attached hydrogens (tertiary/aromatic N) is 1. The Hall–Kier alpha value is -0.550.